The average Bonchev–Trinajstić information content (AvgIpc) is 2.58. The summed E-state index contributed by atoms with van der Waals surface area (Å²) in [6.45, 7) is 8.77. The second kappa shape index (κ2) is 8.27. The molecule has 0 fully saturated rings. The first-order chi connectivity index (χ1) is 11.5. The van der Waals surface area contributed by atoms with Crippen LogP contribution in [0.1, 0.15) is 32.8 Å². The van der Waals surface area contributed by atoms with E-state index in [9.17, 15) is 9.50 Å². The van der Waals surface area contributed by atoms with Gasteiger partial charge in [0.05, 0.1) is 5.60 Å². The maximum atomic E-state index is 13.0. The molecule has 0 aliphatic carbocycles. The van der Waals surface area contributed by atoms with Crippen molar-refractivity contribution in [3.8, 4) is 11.5 Å². The van der Waals surface area contributed by atoms with Gasteiger partial charge in [0.2, 0.25) is 0 Å². The van der Waals surface area contributed by atoms with Crippen molar-refractivity contribution in [1.82, 2.24) is 4.90 Å². The molecular formula is C20H26FNO2. The smallest absolute Gasteiger partial charge is 0.133 e. The van der Waals surface area contributed by atoms with Crippen LogP contribution >= 0.6 is 0 Å². The maximum absolute atomic E-state index is 13.0. The number of nitrogens with zero attached hydrogens (tertiary/aromatic N) is 1. The van der Waals surface area contributed by atoms with Crippen LogP contribution in [0.2, 0.25) is 0 Å². The van der Waals surface area contributed by atoms with Crippen LogP contribution in [-0.2, 0) is 5.60 Å². The predicted octanol–water partition coefficient (Wildman–Crippen LogP) is 4.56. The molecule has 0 amide bonds. The van der Waals surface area contributed by atoms with Crippen molar-refractivity contribution in [2.24, 2.45) is 0 Å². The number of hydrogen-bond donors (Lipinski definition) is 1. The minimum absolute atomic E-state index is 0.304. The lowest BCUT2D eigenvalue weighted by atomic mass is 9.91. The molecule has 0 aliphatic heterocycles. The molecule has 2 rings (SSSR count). The molecule has 2 aromatic carbocycles. The Morgan fingerprint density at radius 3 is 2.29 bits per heavy atom. The monoisotopic (exact) mass is 331 g/mol. The Kier molecular flexibility index (Phi) is 6.35. The van der Waals surface area contributed by atoms with Crippen molar-refractivity contribution in [2.75, 3.05) is 19.6 Å². The number of benzene rings is 2. The summed E-state index contributed by atoms with van der Waals surface area (Å²) < 4.78 is 18.9. The van der Waals surface area contributed by atoms with Gasteiger partial charge in [-0.1, -0.05) is 32.0 Å². The predicted molar refractivity (Wildman–Crippen MR) is 94.9 cm³/mol. The topological polar surface area (TPSA) is 32.7 Å². The molecule has 1 atom stereocenters. The first-order valence-electron chi connectivity index (χ1n) is 8.44. The van der Waals surface area contributed by atoms with Gasteiger partial charge in [-0.05, 0) is 56.8 Å². The lowest BCUT2D eigenvalue weighted by molar-refractivity contribution is 0.0351. The van der Waals surface area contributed by atoms with Gasteiger partial charge in [0.15, 0.2) is 0 Å². The molecule has 0 radical (unpaired) electrons. The van der Waals surface area contributed by atoms with E-state index in [4.69, 9.17) is 4.74 Å². The van der Waals surface area contributed by atoms with E-state index in [-0.39, 0.29) is 5.82 Å². The van der Waals surface area contributed by atoms with Crippen LogP contribution in [-0.4, -0.2) is 29.6 Å². The van der Waals surface area contributed by atoms with Gasteiger partial charge < -0.3 is 14.7 Å². The summed E-state index contributed by atoms with van der Waals surface area (Å²) in [5.74, 6) is 0.832. The summed E-state index contributed by atoms with van der Waals surface area (Å²) in [6.07, 6.45) is 0.610. The number of para-hydroxylation sites is 1. The summed E-state index contributed by atoms with van der Waals surface area (Å²) >= 11 is 0. The maximum Gasteiger partial charge on any atom is 0.133 e. The summed E-state index contributed by atoms with van der Waals surface area (Å²) in [5.41, 5.74) is -0.263. The third kappa shape index (κ3) is 4.79. The fourth-order valence-electron chi connectivity index (χ4n) is 2.68. The second-order valence-corrected chi connectivity index (χ2v) is 6.10. The molecule has 0 spiro atoms. The van der Waals surface area contributed by atoms with Crippen LogP contribution < -0.4 is 4.74 Å². The van der Waals surface area contributed by atoms with E-state index in [1.54, 1.807) is 12.1 Å². The minimum Gasteiger partial charge on any atom is -0.457 e. The van der Waals surface area contributed by atoms with Gasteiger partial charge in [-0.25, -0.2) is 4.39 Å². The zero-order valence-electron chi connectivity index (χ0n) is 14.6. The molecule has 2 aromatic rings. The Morgan fingerprint density at radius 2 is 1.67 bits per heavy atom. The molecule has 1 unspecified atom stereocenters. The van der Waals surface area contributed by atoms with Gasteiger partial charge in [-0.15, -0.1) is 0 Å². The number of hydrogen-bond acceptors (Lipinski definition) is 3. The Bertz CT molecular complexity index is 636. The van der Waals surface area contributed by atoms with Gasteiger partial charge in [0.25, 0.3) is 0 Å². The van der Waals surface area contributed by atoms with Gasteiger partial charge in [0, 0.05) is 12.1 Å². The summed E-state index contributed by atoms with van der Waals surface area (Å²) in [5, 5.41) is 11.0. The number of halogens is 1. The van der Waals surface area contributed by atoms with Gasteiger partial charge >= 0.3 is 0 Å². The number of rotatable bonds is 8. The highest BCUT2D eigenvalue weighted by molar-refractivity contribution is 5.41. The molecule has 0 saturated carbocycles. The highest BCUT2D eigenvalue weighted by Gasteiger charge is 2.27. The number of aliphatic hydroxyl groups is 1. The van der Waals surface area contributed by atoms with E-state index in [1.807, 2.05) is 31.2 Å². The molecule has 130 valence electrons. The SMILES string of the molecule is CCN(CC)CCC(C)(O)c1ccccc1Oc1ccc(F)cc1. The molecule has 3 nitrogen and oxygen atoms in total. The first kappa shape index (κ1) is 18.4. The normalized spacial score (nSPS) is 13.8. The molecule has 0 bridgehead atoms. The quantitative estimate of drug-likeness (QED) is 0.770. The fraction of sp³-hybridized carbons (Fsp3) is 0.400. The second-order valence-electron chi connectivity index (χ2n) is 6.10. The molecule has 0 aliphatic rings. The zero-order chi connectivity index (χ0) is 17.6. The van der Waals surface area contributed by atoms with Crippen LogP contribution in [0.5, 0.6) is 11.5 Å². The van der Waals surface area contributed by atoms with E-state index < -0.39 is 5.60 Å². The van der Waals surface area contributed by atoms with E-state index in [1.165, 1.54) is 12.1 Å². The zero-order valence-corrected chi connectivity index (χ0v) is 14.6. The number of ether oxygens (including phenoxy) is 1. The van der Waals surface area contributed by atoms with Crippen molar-refractivity contribution >= 4 is 0 Å². The lowest BCUT2D eigenvalue weighted by Gasteiger charge is -2.29. The van der Waals surface area contributed by atoms with Crippen molar-refractivity contribution in [3.05, 3.63) is 59.9 Å². The molecule has 0 saturated heterocycles. The third-order valence-electron chi connectivity index (χ3n) is 4.32. The van der Waals surface area contributed by atoms with Gasteiger partial charge in [0.1, 0.15) is 17.3 Å². The van der Waals surface area contributed by atoms with Crippen molar-refractivity contribution in [3.63, 3.8) is 0 Å². The Balaban J connectivity index is 2.18. The van der Waals surface area contributed by atoms with Crippen LogP contribution in [0.25, 0.3) is 0 Å². The lowest BCUT2D eigenvalue weighted by Crippen LogP contribution is -2.31. The standard InChI is InChI=1S/C20H26FNO2/c1-4-22(5-2)15-14-20(3,23)18-8-6-7-9-19(18)24-17-12-10-16(21)11-13-17/h6-13,23H,4-5,14-15H2,1-3H3. The van der Waals surface area contributed by atoms with E-state index in [0.717, 1.165) is 25.2 Å². The first-order valence-corrected chi connectivity index (χ1v) is 8.44. The minimum atomic E-state index is -1.00. The van der Waals surface area contributed by atoms with Crippen molar-refractivity contribution in [1.29, 1.82) is 0 Å². The van der Waals surface area contributed by atoms with Crippen LogP contribution in [0, 0.1) is 5.82 Å². The summed E-state index contributed by atoms with van der Waals surface area (Å²) in [4.78, 5) is 2.28. The van der Waals surface area contributed by atoms with E-state index in [2.05, 4.69) is 18.7 Å². The summed E-state index contributed by atoms with van der Waals surface area (Å²) in [6, 6.07) is 13.3. The highest BCUT2D eigenvalue weighted by Crippen LogP contribution is 2.35. The molecule has 24 heavy (non-hydrogen) atoms. The molecule has 0 heterocycles. The highest BCUT2D eigenvalue weighted by atomic mass is 19.1. The van der Waals surface area contributed by atoms with Crippen molar-refractivity contribution < 1.29 is 14.2 Å². The van der Waals surface area contributed by atoms with Crippen LogP contribution in [0.4, 0.5) is 4.39 Å². The third-order valence-corrected chi connectivity index (χ3v) is 4.32. The largest absolute Gasteiger partial charge is 0.457 e. The van der Waals surface area contributed by atoms with E-state index >= 15 is 0 Å². The van der Waals surface area contributed by atoms with Crippen LogP contribution in [0.15, 0.2) is 48.5 Å². The molecule has 4 heteroatoms. The van der Waals surface area contributed by atoms with Gasteiger partial charge in [-0.3, -0.25) is 0 Å². The Hall–Kier alpha value is -1.91. The fourth-order valence-corrected chi connectivity index (χ4v) is 2.68. The molecule has 1 N–H and O–H groups in total. The molecule has 0 aromatic heterocycles. The summed E-state index contributed by atoms with van der Waals surface area (Å²) in [7, 11) is 0. The molecular weight excluding hydrogens is 305 g/mol. The van der Waals surface area contributed by atoms with Gasteiger partial charge in [-0.2, -0.15) is 0 Å². The Labute approximate surface area is 143 Å². The van der Waals surface area contributed by atoms with E-state index in [0.29, 0.717) is 17.9 Å². The Morgan fingerprint density at radius 1 is 1.04 bits per heavy atom. The average molecular weight is 331 g/mol. The van der Waals surface area contributed by atoms with Crippen LogP contribution in [0.3, 0.4) is 0 Å². The van der Waals surface area contributed by atoms with Crippen molar-refractivity contribution in [2.45, 2.75) is 32.8 Å².